The molecule has 1 saturated heterocycles. The van der Waals surface area contributed by atoms with Crippen LogP contribution in [0.5, 0.6) is 5.75 Å². The molecule has 3 rings (SSSR count). The predicted molar refractivity (Wildman–Crippen MR) is 152 cm³/mol. The normalized spacial score (nSPS) is 15.6. The topological polar surface area (TPSA) is 59.3 Å². The lowest BCUT2D eigenvalue weighted by Crippen LogP contribution is -2.26. The Bertz CT molecular complexity index is 1300. The summed E-state index contributed by atoms with van der Waals surface area (Å²) in [6, 6.07) is 14.0. The van der Waals surface area contributed by atoms with Crippen molar-refractivity contribution in [2.24, 2.45) is 0 Å². The van der Waals surface area contributed by atoms with Gasteiger partial charge in [0, 0.05) is 18.4 Å². The van der Waals surface area contributed by atoms with Crippen molar-refractivity contribution in [1.82, 2.24) is 0 Å². The number of ether oxygens (including phenoxy) is 2. The second kappa shape index (κ2) is 13.0. The average Bonchev–Trinajstić information content (AvgIpc) is 2.91. The summed E-state index contributed by atoms with van der Waals surface area (Å²) < 4.78 is 11.6. The molecule has 1 aliphatic heterocycles. The number of nitrogens with zero attached hydrogens (tertiary/aromatic N) is 1. The van der Waals surface area contributed by atoms with Crippen LogP contribution in [0.4, 0.5) is 0 Å². The summed E-state index contributed by atoms with van der Waals surface area (Å²) in [5.74, 6) is 0.696. The molecule has 4 nitrogen and oxygen atoms in total. The lowest BCUT2D eigenvalue weighted by Gasteiger charge is -2.24. The lowest BCUT2D eigenvalue weighted by molar-refractivity contribution is 0.0254. The molecule has 0 spiro atoms. The highest BCUT2D eigenvalue weighted by atomic mass is 16.5. The summed E-state index contributed by atoms with van der Waals surface area (Å²) in [6.07, 6.45) is 8.53. The number of hydrogen-bond acceptors (Lipinski definition) is 4. The Hall–Kier alpha value is -3.68. The molecule has 1 fully saturated rings. The monoisotopic (exact) mass is 495 g/mol. The number of nitriles is 1. The number of carbonyl (C=O) groups excluding carboxylic acids is 1. The molecule has 37 heavy (non-hydrogen) atoms. The van der Waals surface area contributed by atoms with Crippen molar-refractivity contribution in [3.05, 3.63) is 100 Å². The first-order valence-corrected chi connectivity index (χ1v) is 12.9. The van der Waals surface area contributed by atoms with Gasteiger partial charge in [-0.15, -0.1) is 0 Å². The van der Waals surface area contributed by atoms with Gasteiger partial charge in [0.2, 0.25) is 0 Å². The van der Waals surface area contributed by atoms with Gasteiger partial charge >= 0.3 is 0 Å². The maximum atomic E-state index is 11.8. The minimum Gasteiger partial charge on any atom is -0.489 e. The van der Waals surface area contributed by atoms with Crippen LogP contribution in [0.2, 0.25) is 0 Å². The van der Waals surface area contributed by atoms with Crippen molar-refractivity contribution in [3.8, 4) is 11.8 Å². The zero-order valence-corrected chi connectivity index (χ0v) is 22.7. The molecule has 0 aromatic heterocycles. The van der Waals surface area contributed by atoms with Gasteiger partial charge in [0.15, 0.2) is 5.78 Å². The predicted octanol–water partition coefficient (Wildman–Crippen LogP) is 7.89. The molecule has 4 heteroatoms. The highest BCUT2D eigenvalue weighted by Crippen LogP contribution is 2.32. The molecule has 0 saturated carbocycles. The highest BCUT2D eigenvalue weighted by molar-refractivity contribution is 5.94. The molecule has 0 bridgehead atoms. The Labute approximate surface area is 221 Å². The Morgan fingerprint density at radius 2 is 1.81 bits per heavy atom. The number of rotatable bonds is 9. The van der Waals surface area contributed by atoms with E-state index < -0.39 is 0 Å². The van der Waals surface area contributed by atoms with E-state index in [4.69, 9.17) is 9.47 Å². The van der Waals surface area contributed by atoms with E-state index >= 15 is 0 Å². The van der Waals surface area contributed by atoms with Crippen LogP contribution < -0.4 is 4.74 Å². The maximum absolute atomic E-state index is 11.8. The van der Waals surface area contributed by atoms with E-state index in [1.54, 1.807) is 13.0 Å². The molecular formula is C33H37NO3. The standard InChI is InChI=1S/C33H37NO3/c1-7-9-32(28-11-13-33(29(20-28)21-34)37-30-14-16-36-17-15-30)24(5)22(3)18-23(4)31-12-10-27(25(6)35)19-26(31)8-2/h7,9-13,18-20,30H,1,8,14-17H2,2-6H3/b23-18+,24-22+,32-9+. The van der Waals surface area contributed by atoms with E-state index in [1.165, 1.54) is 0 Å². The fourth-order valence-electron chi connectivity index (χ4n) is 4.63. The molecular weight excluding hydrogens is 458 g/mol. The third-order valence-corrected chi connectivity index (χ3v) is 6.90. The molecule has 2 aromatic carbocycles. The van der Waals surface area contributed by atoms with Gasteiger partial charge in [0.25, 0.3) is 0 Å². The fourth-order valence-corrected chi connectivity index (χ4v) is 4.63. The number of allylic oxidation sites excluding steroid dienone is 7. The Kier molecular flexibility index (Phi) is 9.83. The molecule has 0 N–H and O–H groups in total. The Morgan fingerprint density at radius 3 is 2.43 bits per heavy atom. The summed E-state index contributed by atoms with van der Waals surface area (Å²) >= 11 is 0. The van der Waals surface area contributed by atoms with Gasteiger partial charge in [0.1, 0.15) is 17.9 Å². The Morgan fingerprint density at radius 1 is 1.11 bits per heavy atom. The molecule has 2 aromatic rings. The number of ketones is 1. The quantitative estimate of drug-likeness (QED) is 0.262. The van der Waals surface area contributed by atoms with E-state index in [0.717, 1.165) is 63.8 Å². The number of hydrogen-bond donors (Lipinski definition) is 0. The smallest absolute Gasteiger partial charge is 0.159 e. The molecule has 0 atom stereocenters. The number of carbonyl (C=O) groups is 1. The summed E-state index contributed by atoms with van der Waals surface area (Å²) in [4.78, 5) is 11.8. The largest absolute Gasteiger partial charge is 0.489 e. The van der Waals surface area contributed by atoms with Crippen LogP contribution in [0.15, 0.2) is 72.4 Å². The van der Waals surface area contributed by atoms with Crippen molar-refractivity contribution in [3.63, 3.8) is 0 Å². The van der Waals surface area contributed by atoms with Crippen molar-refractivity contribution < 1.29 is 14.3 Å². The van der Waals surface area contributed by atoms with Crippen LogP contribution in [-0.4, -0.2) is 25.1 Å². The zero-order chi connectivity index (χ0) is 26.9. The van der Waals surface area contributed by atoms with Crippen molar-refractivity contribution in [2.45, 2.75) is 60.0 Å². The average molecular weight is 496 g/mol. The zero-order valence-electron chi connectivity index (χ0n) is 22.7. The Balaban J connectivity index is 1.95. The van der Waals surface area contributed by atoms with Gasteiger partial charge in [-0.05, 0) is 91.3 Å². The number of aryl methyl sites for hydroxylation is 1. The first-order chi connectivity index (χ1) is 17.8. The highest BCUT2D eigenvalue weighted by Gasteiger charge is 2.18. The lowest BCUT2D eigenvalue weighted by atomic mass is 9.91. The van der Waals surface area contributed by atoms with E-state index in [9.17, 15) is 10.1 Å². The van der Waals surface area contributed by atoms with E-state index in [0.29, 0.717) is 24.5 Å². The van der Waals surface area contributed by atoms with E-state index in [1.807, 2.05) is 42.5 Å². The van der Waals surface area contributed by atoms with Crippen LogP contribution in [0.3, 0.4) is 0 Å². The molecule has 0 unspecified atom stereocenters. The molecule has 0 radical (unpaired) electrons. The van der Waals surface area contributed by atoms with Crippen molar-refractivity contribution >= 4 is 16.9 Å². The minimum absolute atomic E-state index is 0.0735. The third kappa shape index (κ3) is 6.96. The van der Waals surface area contributed by atoms with Crippen molar-refractivity contribution in [2.75, 3.05) is 13.2 Å². The van der Waals surface area contributed by atoms with Crippen LogP contribution >= 0.6 is 0 Å². The summed E-state index contributed by atoms with van der Waals surface area (Å²) in [6.45, 7) is 15.3. The second-order valence-electron chi connectivity index (χ2n) is 9.49. The summed E-state index contributed by atoms with van der Waals surface area (Å²) in [7, 11) is 0. The SMILES string of the molecule is C=C\C=C(/C(C)=C(C)/C=C(\C)c1ccc(C(C)=O)cc1CC)c1ccc(OC2CCOCC2)c(C#N)c1. The van der Waals surface area contributed by atoms with Crippen molar-refractivity contribution in [1.29, 1.82) is 5.26 Å². The molecule has 1 aliphatic rings. The maximum Gasteiger partial charge on any atom is 0.159 e. The van der Waals surface area contributed by atoms with Gasteiger partial charge in [0.05, 0.1) is 18.8 Å². The van der Waals surface area contributed by atoms with Crippen LogP contribution in [0.1, 0.15) is 80.1 Å². The van der Waals surface area contributed by atoms with Gasteiger partial charge in [-0.3, -0.25) is 4.79 Å². The third-order valence-electron chi connectivity index (χ3n) is 6.90. The first-order valence-electron chi connectivity index (χ1n) is 12.9. The van der Waals surface area contributed by atoms with Gasteiger partial charge in [-0.25, -0.2) is 0 Å². The van der Waals surface area contributed by atoms with Gasteiger partial charge in [-0.1, -0.05) is 49.9 Å². The van der Waals surface area contributed by atoms with E-state index in [-0.39, 0.29) is 11.9 Å². The minimum atomic E-state index is 0.0735. The molecule has 0 aliphatic carbocycles. The summed E-state index contributed by atoms with van der Waals surface area (Å²) in [5, 5.41) is 9.84. The van der Waals surface area contributed by atoms with Crippen LogP contribution in [0.25, 0.3) is 11.1 Å². The van der Waals surface area contributed by atoms with E-state index in [2.05, 4.69) is 46.4 Å². The number of benzene rings is 2. The molecule has 192 valence electrons. The fraction of sp³-hybridized carbons (Fsp3) is 0.333. The summed E-state index contributed by atoms with van der Waals surface area (Å²) in [5.41, 5.74) is 8.87. The molecule has 1 heterocycles. The molecule has 0 amide bonds. The van der Waals surface area contributed by atoms with Gasteiger partial charge < -0.3 is 9.47 Å². The second-order valence-corrected chi connectivity index (χ2v) is 9.49. The number of Topliss-reactive ketones (excluding diaryl/α,β-unsaturated/α-hetero) is 1. The van der Waals surface area contributed by atoms with Crippen LogP contribution in [-0.2, 0) is 11.2 Å². The van der Waals surface area contributed by atoms with Gasteiger partial charge in [-0.2, -0.15) is 5.26 Å². The van der Waals surface area contributed by atoms with Crippen LogP contribution in [0, 0.1) is 11.3 Å². The first kappa shape index (κ1) is 27.9.